The van der Waals surface area contributed by atoms with Gasteiger partial charge < -0.3 is 10.2 Å². The van der Waals surface area contributed by atoms with E-state index in [0.717, 1.165) is 17.1 Å². The monoisotopic (exact) mass is 358 g/mol. The highest BCUT2D eigenvalue weighted by Gasteiger charge is 2.35. The molecule has 2 heterocycles. The molecule has 1 fully saturated rings. The van der Waals surface area contributed by atoms with Gasteiger partial charge in [0, 0.05) is 18.7 Å². The van der Waals surface area contributed by atoms with Crippen LogP contribution in [0, 0.1) is 5.92 Å². The minimum Gasteiger partial charge on any atom is -0.312 e. The Morgan fingerprint density at radius 2 is 2.20 bits per heavy atom. The van der Waals surface area contributed by atoms with Crippen LogP contribution >= 0.6 is 11.3 Å². The summed E-state index contributed by atoms with van der Waals surface area (Å²) < 4.78 is 0. The zero-order valence-electron chi connectivity index (χ0n) is 14.7. The Hall–Kier alpha value is -2.28. The summed E-state index contributed by atoms with van der Waals surface area (Å²) in [5.41, 5.74) is 2.04. The van der Waals surface area contributed by atoms with E-state index in [9.17, 15) is 9.59 Å². The van der Waals surface area contributed by atoms with Gasteiger partial charge in [-0.2, -0.15) is 0 Å². The molecule has 6 nitrogen and oxygen atoms in total. The summed E-state index contributed by atoms with van der Waals surface area (Å²) in [5.74, 6) is -0.173. The van der Waals surface area contributed by atoms with Crippen LogP contribution in [0.25, 0.3) is 0 Å². The van der Waals surface area contributed by atoms with Crippen LogP contribution in [0.2, 0.25) is 0 Å². The zero-order chi connectivity index (χ0) is 18.0. The third kappa shape index (κ3) is 3.87. The van der Waals surface area contributed by atoms with Crippen molar-refractivity contribution in [3.8, 4) is 0 Å². The Morgan fingerprint density at radius 1 is 1.40 bits per heavy atom. The van der Waals surface area contributed by atoms with Gasteiger partial charge in [0.05, 0.1) is 5.92 Å². The van der Waals surface area contributed by atoms with E-state index in [1.807, 2.05) is 25.1 Å². The number of carbonyl (C=O) groups excluding carboxylic acids is 2. The van der Waals surface area contributed by atoms with Crippen molar-refractivity contribution in [3.05, 3.63) is 34.8 Å². The molecule has 0 aliphatic carbocycles. The maximum atomic E-state index is 12.5. The van der Waals surface area contributed by atoms with E-state index in [1.165, 1.54) is 16.9 Å². The maximum Gasteiger partial charge on any atom is 0.231 e. The van der Waals surface area contributed by atoms with Crippen molar-refractivity contribution in [2.24, 2.45) is 5.92 Å². The standard InChI is InChI=1S/C18H22N4O2S/c1-4-15-20-21-18(25-15)19-17(24)13-9-16(23)22(10-13)14-7-5-6-12(8-14)11(2)3/h5-8,11,13H,4,9-10H2,1-3H3,(H,19,21,24)/t13-/m1/s1. The molecule has 1 saturated heterocycles. The van der Waals surface area contributed by atoms with Gasteiger partial charge in [-0.05, 0) is 30.0 Å². The van der Waals surface area contributed by atoms with Crippen LogP contribution in [0.4, 0.5) is 10.8 Å². The number of rotatable bonds is 5. The van der Waals surface area contributed by atoms with Crippen LogP contribution in [-0.4, -0.2) is 28.6 Å². The first kappa shape index (κ1) is 17.5. The quantitative estimate of drug-likeness (QED) is 0.890. The van der Waals surface area contributed by atoms with E-state index in [0.29, 0.717) is 17.6 Å². The van der Waals surface area contributed by atoms with Crippen LogP contribution in [0.1, 0.15) is 43.7 Å². The lowest BCUT2D eigenvalue weighted by molar-refractivity contribution is -0.122. The number of amides is 2. The summed E-state index contributed by atoms with van der Waals surface area (Å²) in [5, 5.41) is 12.1. The topological polar surface area (TPSA) is 75.2 Å². The molecule has 1 N–H and O–H groups in total. The van der Waals surface area contributed by atoms with Crippen molar-refractivity contribution in [1.29, 1.82) is 0 Å². The van der Waals surface area contributed by atoms with Gasteiger partial charge in [-0.3, -0.25) is 9.59 Å². The first-order valence-electron chi connectivity index (χ1n) is 8.51. The molecule has 1 aromatic carbocycles. The number of anilines is 2. The van der Waals surface area contributed by atoms with Crippen molar-refractivity contribution in [2.45, 2.75) is 39.5 Å². The van der Waals surface area contributed by atoms with Gasteiger partial charge in [-0.25, -0.2) is 0 Å². The van der Waals surface area contributed by atoms with E-state index in [-0.39, 0.29) is 24.2 Å². The molecular formula is C18H22N4O2S. The molecule has 3 rings (SSSR count). The van der Waals surface area contributed by atoms with Crippen LogP contribution in [0.15, 0.2) is 24.3 Å². The highest BCUT2D eigenvalue weighted by Crippen LogP contribution is 2.28. The van der Waals surface area contributed by atoms with E-state index >= 15 is 0 Å². The Labute approximate surface area is 151 Å². The van der Waals surface area contributed by atoms with Crippen LogP contribution in [-0.2, 0) is 16.0 Å². The second-order valence-electron chi connectivity index (χ2n) is 6.50. The van der Waals surface area contributed by atoms with Gasteiger partial charge in [0.25, 0.3) is 0 Å². The number of hydrogen-bond donors (Lipinski definition) is 1. The predicted octanol–water partition coefficient (Wildman–Crippen LogP) is 3.22. The summed E-state index contributed by atoms with van der Waals surface area (Å²) in [6.45, 7) is 6.62. The molecule has 1 aliphatic rings. The molecule has 1 atom stereocenters. The number of nitrogens with zero attached hydrogens (tertiary/aromatic N) is 3. The molecule has 0 unspecified atom stereocenters. The number of aromatic nitrogens is 2. The molecule has 2 aromatic rings. The van der Waals surface area contributed by atoms with Gasteiger partial charge in [0.15, 0.2) is 0 Å². The van der Waals surface area contributed by atoms with Crippen molar-refractivity contribution in [2.75, 3.05) is 16.8 Å². The smallest absolute Gasteiger partial charge is 0.231 e. The van der Waals surface area contributed by atoms with Crippen molar-refractivity contribution >= 4 is 34.0 Å². The maximum absolute atomic E-state index is 12.5. The van der Waals surface area contributed by atoms with Gasteiger partial charge in [0.2, 0.25) is 16.9 Å². The summed E-state index contributed by atoms with van der Waals surface area (Å²) in [6, 6.07) is 7.96. The van der Waals surface area contributed by atoms with Gasteiger partial charge in [-0.15, -0.1) is 10.2 Å². The van der Waals surface area contributed by atoms with Gasteiger partial charge in [0.1, 0.15) is 5.01 Å². The normalized spacial score (nSPS) is 17.4. The Bertz CT molecular complexity index is 787. The number of carbonyl (C=O) groups is 2. The molecule has 0 spiro atoms. The fraction of sp³-hybridized carbons (Fsp3) is 0.444. The lowest BCUT2D eigenvalue weighted by Crippen LogP contribution is -2.28. The first-order valence-corrected chi connectivity index (χ1v) is 9.33. The van der Waals surface area contributed by atoms with Crippen LogP contribution in [0.3, 0.4) is 0 Å². The molecule has 0 radical (unpaired) electrons. The first-order chi connectivity index (χ1) is 12.0. The molecular weight excluding hydrogens is 336 g/mol. The lowest BCUT2D eigenvalue weighted by Gasteiger charge is -2.18. The van der Waals surface area contributed by atoms with Crippen molar-refractivity contribution < 1.29 is 9.59 Å². The third-order valence-corrected chi connectivity index (χ3v) is 5.33. The highest BCUT2D eigenvalue weighted by atomic mass is 32.1. The number of aryl methyl sites for hydroxylation is 1. The summed E-state index contributed by atoms with van der Waals surface area (Å²) >= 11 is 1.37. The van der Waals surface area contributed by atoms with E-state index in [2.05, 4.69) is 35.4 Å². The minimum atomic E-state index is -0.371. The van der Waals surface area contributed by atoms with E-state index < -0.39 is 0 Å². The Balaban J connectivity index is 1.69. The molecule has 1 aliphatic heterocycles. The number of benzene rings is 1. The van der Waals surface area contributed by atoms with Crippen LogP contribution in [0.5, 0.6) is 0 Å². The summed E-state index contributed by atoms with van der Waals surface area (Å²) in [7, 11) is 0. The summed E-state index contributed by atoms with van der Waals surface area (Å²) in [4.78, 5) is 26.6. The second kappa shape index (κ2) is 7.31. The molecule has 7 heteroatoms. The SMILES string of the molecule is CCc1nnc(NC(=O)[C@@H]2CC(=O)N(c3cccc(C(C)C)c3)C2)s1. The van der Waals surface area contributed by atoms with E-state index in [4.69, 9.17) is 0 Å². The fourth-order valence-electron chi connectivity index (χ4n) is 2.84. The zero-order valence-corrected chi connectivity index (χ0v) is 15.5. The fourth-order valence-corrected chi connectivity index (χ4v) is 3.52. The predicted molar refractivity (Wildman–Crippen MR) is 98.9 cm³/mol. The summed E-state index contributed by atoms with van der Waals surface area (Å²) in [6.07, 6.45) is 1.01. The third-order valence-electron chi connectivity index (χ3n) is 4.34. The lowest BCUT2D eigenvalue weighted by atomic mass is 10.0. The second-order valence-corrected chi connectivity index (χ2v) is 7.56. The average Bonchev–Trinajstić information content (AvgIpc) is 3.21. The molecule has 1 aromatic heterocycles. The highest BCUT2D eigenvalue weighted by molar-refractivity contribution is 7.15. The Morgan fingerprint density at radius 3 is 2.88 bits per heavy atom. The van der Waals surface area contributed by atoms with Gasteiger partial charge >= 0.3 is 0 Å². The van der Waals surface area contributed by atoms with Crippen molar-refractivity contribution in [1.82, 2.24) is 10.2 Å². The Kier molecular flexibility index (Phi) is 5.13. The van der Waals surface area contributed by atoms with E-state index in [1.54, 1.807) is 4.90 Å². The number of nitrogens with one attached hydrogen (secondary N) is 1. The molecule has 0 bridgehead atoms. The molecule has 25 heavy (non-hydrogen) atoms. The minimum absolute atomic E-state index is 0.0208. The van der Waals surface area contributed by atoms with Crippen molar-refractivity contribution in [3.63, 3.8) is 0 Å². The molecule has 132 valence electrons. The van der Waals surface area contributed by atoms with Gasteiger partial charge in [-0.1, -0.05) is 44.2 Å². The molecule has 0 saturated carbocycles. The number of hydrogen-bond acceptors (Lipinski definition) is 5. The largest absolute Gasteiger partial charge is 0.312 e. The average molecular weight is 358 g/mol. The molecule has 2 amide bonds. The van der Waals surface area contributed by atoms with Crippen LogP contribution < -0.4 is 10.2 Å².